The van der Waals surface area contributed by atoms with Gasteiger partial charge in [0, 0.05) is 12.5 Å². The Balaban J connectivity index is 2.28. The molecule has 1 fully saturated rings. The van der Waals surface area contributed by atoms with E-state index in [1.807, 2.05) is 0 Å². The van der Waals surface area contributed by atoms with Crippen molar-refractivity contribution in [1.82, 2.24) is 5.32 Å². The molecule has 0 unspecified atom stereocenters. The van der Waals surface area contributed by atoms with Crippen LogP contribution in [-0.2, 0) is 0 Å². The average molecular weight is 201 g/mol. The van der Waals surface area contributed by atoms with Crippen molar-refractivity contribution in [3.8, 4) is 0 Å². The van der Waals surface area contributed by atoms with Gasteiger partial charge in [-0.25, -0.2) is 8.78 Å². The van der Waals surface area contributed by atoms with Crippen LogP contribution in [0.2, 0.25) is 0 Å². The van der Waals surface area contributed by atoms with E-state index < -0.39 is 17.9 Å². The predicted molar refractivity (Wildman–Crippen MR) is 48.3 cm³/mol. The van der Waals surface area contributed by atoms with Gasteiger partial charge in [-0.2, -0.15) is 0 Å². The summed E-state index contributed by atoms with van der Waals surface area (Å²) in [5.41, 5.74) is 0. The molecule has 0 bridgehead atoms. The lowest BCUT2D eigenvalue weighted by Gasteiger charge is -2.19. The number of hydrogen-bond acceptors (Lipinski definition) is 2. The summed E-state index contributed by atoms with van der Waals surface area (Å²) in [5, 5.41) is 2.78. The van der Waals surface area contributed by atoms with E-state index in [0.29, 0.717) is 18.1 Å². The molecule has 2 atom stereocenters. The van der Waals surface area contributed by atoms with E-state index >= 15 is 0 Å². The smallest absolute Gasteiger partial charge is 0.274 e. The summed E-state index contributed by atoms with van der Waals surface area (Å²) < 4.78 is 32.4. The number of halogens is 2. The molecule has 2 rings (SSSR count). The molecule has 0 saturated carbocycles. The van der Waals surface area contributed by atoms with Gasteiger partial charge in [-0.1, -0.05) is 6.92 Å². The molecule has 1 N–H and O–H groups in total. The Hall–Kier alpha value is -0.900. The van der Waals surface area contributed by atoms with Crippen LogP contribution in [0.1, 0.15) is 24.5 Å². The van der Waals surface area contributed by atoms with Crippen LogP contribution in [0.5, 0.6) is 0 Å². The second kappa shape index (κ2) is 3.05. The summed E-state index contributed by atoms with van der Waals surface area (Å²) in [6, 6.07) is 2.35. The zero-order valence-corrected chi connectivity index (χ0v) is 8.18. The fourth-order valence-corrected chi connectivity index (χ4v) is 1.75. The standard InChI is InChI=1S/C10H13F2NO/c1-6-5-13-9(10(6,11)12)8-4-3-7(2)14-8/h3-4,6,9,13H,5H2,1-2H3/t6-,9+/m0/s1. The number of alkyl halides is 2. The third kappa shape index (κ3) is 1.34. The van der Waals surface area contributed by atoms with Crippen LogP contribution in [0, 0.1) is 12.8 Å². The van der Waals surface area contributed by atoms with Crippen LogP contribution in [-0.4, -0.2) is 12.5 Å². The van der Waals surface area contributed by atoms with Crippen molar-refractivity contribution in [3.63, 3.8) is 0 Å². The van der Waals surface area contributed by atoms with Gasteiger partial charge in [0.1, 0.15) is 17.6 Å². The largest absolute Gasteiger partial charge is 0.464 e. The fourth-order valence-electron chi connectivity index (χ4n) is 1.75. The maximum atomic E-state index is 13.6. The lowest BCUT2D eigenvalue weighted by molar-refractivity contribution is -0.0512. The van der Waals surface area contributed by atoms with Crippen molar-refractivity contribution in [2.45, 2.75) is 25.8 Å². The van der Waals surface area contributed by atoms with Crippen molar-refractivity contribution in [2.75, 3.05) is 6.54 Å². The molecule has 4 heteroatoms. The van der Waals surface area contributed by atoms with Gasteiger partial charge in [0.2, 0.25) is 0 Å². The van der Waals surface area contributed by atoms with Gasteiger partial charge in [0.05, 0.1) is 0 Å². The van der Waals surface area contributed by atoms with Crippen molar-refractivity contribution in [3.05, 3.63) is 23.7 Å². The molecule has 1 aliphatic rings. The maximum absolute atomic E-state index is 13.6. The van der Waals surface area contributed by atoms with Crippen molar-refractivity contribution < 1.29 is 13.2 Å². The summed E-state index contributed by atoms with van der Waals surface area (Å²) in [7, 11) is 0. The summed E-state index contributed by atoms with van der Waals surface area (Å²) in [4.78, 5) is 0. The Kier molecular flexibility index (Phi) is 2.10. The first-order chi connectivity index (χ1) is 6.51. The highest BCUT2D eigenvalue weighted by Crippen LogP contribution is 2.42. The minimum Gasteiger partial charge on any atom is -0.464 e. The summed E-state index contributed by atoms with van der Waals surface area (Å²) in [5.74, 6) is -2.36. The Bertz CT molecular complexity index is 335. The molecule has 2 nitrogen and oxygen atoms in total. The molecule has 1 aromatic rings. The van der Waals surface area contributed by atoms with E-state index in [2.05, 4.69) is 5.32 Å². The van der Waals surface area contributed by atoms with Gasteiger partial charge in [-0.05, 0) is 19.1 Å². The Labute approximate surface area is 81.3 Å². The summed E-state index contributed by atoms with van der Waals surface area (Å²) in [6.07, 6.45) is 0. The monoisotopic (exact) mass is 201 g/mol. The molecule has 0 aliphatic carbocycles. The first-order valence-corrected chi connectivity index (χ1v) is 4.69. The highest BCUT2D eigenvalue weighted by Gasteiger charge is 2.51. The number of furan rings is 1. The normalized spacial score (nSPS) is 30.9. The van der Waals surface area contributed by atoms with Gasteiger partial charge < -0.3 is 9.73 Å². The van der Waals surface area contributed by atoms with Gasteiger partial charge in [-0.15, -0.1) is 0 Å². The highest BCUT2D eigenvalue weighted by molar-refractivity contribution is 5.15. The van der Waals surface area contributed by atoms with Crippen LogP contribution in [0.4, 0.5) is 8.78 Å². The van der Waals surface area contributed by atoms with Crippen LogP contribution in [0.15, 0.2) is 16.5 Å². The SMILES string of the molecule is Cc1ccc([C@H]2NC[C@H](C)C2(F)F)o1. The molecule has 78 valence electrons. The molecule has 1 saturated heterocycles. The van der Waals surface area contributed by atoms with E-state index in [0.717, 1.165) is 0 Å². The summed E-state index contributed by atoms with van der Waals surface area (Å²) in [6.45, 7) is 3.63. The van der Waals surface area contributed by atoms with E-state index in [1.54, 1.807) is 26.0 Å². The topological polar surface area (TPSA) is 25.2 Å². The third-order valence-corrected chi connectivity index (χ3v) is 2.72. The number of nitrogens with one attached hydrogen (secondary N) is 1. The highest BCUT2D eigenvalue weighted by atomic mass is 19.3. The zero-order valence-electron chi connectivity index (χ0n) is 8.18. The van der Waals surface area contributed by atoms with Crippen molar-refractivity contribution in [1.29, 1.82) is 0 Å². The number of rotatable bonds is 1. The van der Waals surface area contributed by atoms with Gasteiger partial charge in [0.15, 0.2) is 0 Å². The summed E-state index contributed by atoms with van der Waals surface area (Å²) >= 11 is 0. The molecular formula is C10H13F2NO. The van der Waals surface area contributed by atoms with Crippen molar-refractivity contribution in [2.24, 2.45) is 5.92 Å². The van der Waals surface area contributed by atoms with Crippen LogP contribution in [0.3, 0.4) is 0 Å². The Morgan fingerprint density at radius 3 is 2.64 bits per heavy atom. The molecular weight excluding hydrogens is 188 g/mol. The molecule has 0 aromatic carbocycles. The Morgan fingerprint density at radius 2 is 2.21 bits per heavy atom. The molecule has 1 aliphatic heterocycles. The van der Waals surface area contributed by atoms with Crippen LogP contribution >= 0.6 is 0 Å². The number of hydrogen-bond donors (Lipinski definition) is 1. The molecule has 0 amide bonds. The second-order valence-electron chi connectivity index (χ2n) is 3.87. The molecule has 1 aromatic heterocycles. The quantitative estimate of drug-likeness (QED) is 0.755. The van der Waals surface area contributed by atoms with E-state index in [4.69, 9.17) is 4.42 Å². The van der Waals surface area contributed by atoms with Crippen LogP contribution < -0.4 is 5.32 Å². The van der Waals surface area contributed by atoms with E-state index in [1.165, 1.54) is 0 Å². The van der Waals surface area contributed by atoms with E-state index in [-0.39, 0.29) is 0 Å². The maximum Gasteiger partial charge on any atom is 0.274 e. The average Bonchev–Trinajstić information content (AvgIpc) is 2.60. The lowest BCUT2D eigenvalue weighted by Crippen LogP contribution is -2.29. The lowest BCUT2D eigenvalue weighted by atomic mass is 10.0. The second-order valence-corrected chi connectivity index (χ2v) is 3.87. The predicted octanol–water partition coefficient (Wildman–Crippen LogP) is 2.50. The fraction of sp³-hybridized carbons (Fsp3) is 0.600. The van der Waals surface area contributed by atoms with Crippen molar-refractivity contribution >= 4 is 0 Å². The van der Waals surface area contributed by atoms with E-state index in [9.17, 15) is 8.78 Å². The zero-order chi connectivity index (χ0) is 10.3. The molecule has 2 heterocycles. The first-order valence-electron chi connectivity index (χ1n) is 4.69. The first kappa shape index (κ1) is 9.65. The minimum atomic E-state index is -2.72. The van der Waals surface area contributed by atoms with Crippen LogP contribution in [0.25, 0.3) is 0 Å². The van der Waals surface area contributed by atoms with Gasteiger partial charge in [0.25, 0.3) is 5.92 Å². The molecule has 0 spiro atoms. The molecule has 0 radical (unpaired) electrons. The number of aryl methyl sites for hydroxylation is 1. The third-order valence-electron chi connectivity index (χ3n) is 2.72. The molecule has 14 heavy (non-hydrogen) atoms. The van der Waals surface area contributed by atoms with Gasteiger partial charge >= 0.3 is 0 Å². The Morgan fingerprint density at radius 1 is 1.50 bits per heavy atom. The minimum absolute atomic E-state index is 0.330. The van der Waals surface area contributed by atoms with Gasteiger partial charge in [-0.3, -0.25) is 0 Å².